The first-order valence-corrected chi connectivity index (χ1v) is 7.25. The fraction of sp³-hybridized carbons (Fsp3) is 0.300. The molecule has 0 aliphatic heterocycles. The molecule has 0 saturated heterocycles. The van der Waals surface area contributed by atoms with Crippen LogP contribution < -0.4 is 10.5 Å². The number of nitrogens with one attached hydrogen (secondary N) is 1. The summed E-state index contributed by atoms with van der Waals surface area (Å²) in [6.45, 7) is 1.60. The van der Waals surface area contributed by atoms with Crippen molar-refractivity contribution in [1.29, 1.82) is 0 Å². The number of carbonyl (C=O) groups is 1. The van der Waals surface area contributed by atoms with Crippen molar-refractivity contribution in [2.24, 2.45) is 5.14 Å². The number of hydrogen-bond donors (Lipinski definition) is 2. The normalized spacial score (nSPS) is 13.1. The number of primary sulfonamides is 1. The topological polar surface area (TPSA) is 98.5 Å². The average Bonchev–Trinajstić information content (AvgIpc) is 2.29. The molecule has 3 N–H and O–H groups in total. The molecule has 100 valence electrons. The number of benzene rings is 1. The molecule has 0 aliphatic rings. The predicted octanol–water partition coefficient (Wildman–Crippen LogP) is 1.07. The Morgan fingerprint density at radius 2 is 2.11 bits per heavy atom. The molecule has 1 aromatic carbocycles. The molecule has 0 fully saturated rings. The Bertz CT molecular complexity index is 559. The number of anilines is 1. The van der Waals surface area contributed by atoms with Crippen LogP contribution in [0.25, 0.3) is 0 Å². The second kappa shape index (κ2) is 5.79. The van der Waals surface area contributed by atoms with Crippen molar-refractivity contribution in [3.63, 3.8) is 0 Å². The van der Waals surface area contributed by atoms with E-state index < -0.39 is 16.1 Å². The van der Waals surface area contributed by atoms with Crippen molar-refractivity contribution < 1.29 is 17.9 Å². The van der Waals surface area contributed by atoms with Gasteiger partial charge in [0.1, 0.15) is 6.10 Å². The average molecular weight is 337 g/mol. The van der Waals surface area contributed by atoms with Crippen molar-refractivity contribution in [3.05, 3.63) is 22.7 Å². The fourth-order valence-corrected chi connectivity index (χ4v) is 2.28. The van der Waals surface area contributed by atoms with Crippen molar-refractivity contribution in [2.75, 3.05) is 12.4 Å². The third-order valence-electron chi connectivity index (χ3n) is 2.25. The molecule has 8 heteroatoms. The first-order valence-electron chi connectivity index (χ1n) is 4.91. The molecule has 0 bridgehead atoms. The fourth-order valence-electron chi connectivity index (χ4n) is 1.12. The van der Waals surface area contributed by atoms with Gasteiger partial charge in [0.05, 0.1) is 10.6 Å². The van der Waals surface area contributed by atoms with Gasteiger partial charge in [-0.25, -0.2) is 13.6 Å². The van der Waals surface area contributed by atoms with Crippen LogP contribution in [0, 0.1) is 0 Å². The van der Waals surface area contributed by atoms with E-state index in [0.29, 0.717) is 10.2 Å². The molecule has 0 spiro atoms. The molecule has 1 unspecified atom stereocenters. The molecule has 1 aromatic rings. The first-order chi connectivity index (χ1) is 8.25. The van der Waals surface area contributed by atoms with Gasteiger partial charge in [0.15, 0.2) is 0 Å². The van der Waals surface area contributed by atoms with Crippen molar-refractivity contribution in [2.45, 2.75) is 17.9 Å². The zero-order valence-corrected chi connectivity index (χ0v) is 12.2. The second-order valence-corrected chi connectivity index (χ2v) is 5.97. The standard InChI is InChI=1S/C10H13BrN2O4S/c1-6(17-2)10(14)13-9-4-3-7(5-8(9)11)18(12,15)16/h3-6H,1-2H3,(H,13,14)(H2,12,15,16). The zero-order valence-electron chi connectivity index (χ0n) is 9.81. The minimum absolute atomic E-state index is 0.0350. The van der Waals surface area contributed by atoms with E-state index in [1.165, 1.54) is 25.3 Å². The molecule has 0 saturated carbocycles. The van der Waals surface area contributed by atoms with Gasteiger partial charge in [-0.05, 0) is 41.1 Å². The van der Waals surface area contributed by atoms with Gasteiger partial charge in [0, 0.05) is 11.6 Å². The molecule has 6 nitrogen and oxygen atoms in total. The summed E-state index contributed by atoms with van der Waals surface area (Å²) in [6.07, 6.45) is -0.602. The molecule has 0 heterocycles. The maximum Gasteiger partial charge on any atom is 0.253 e. The largest absolute Gasteiger partial charge is 0.372 e. The molecule has 18 heavy (non-hydrogen) atoms. The molecule has 1 atom stereocenters. The summed E-state index contributed by atoms with van der Waals surface area (Å²) in [6, 6.07) is 4.08. The summed E-state index contributed by atoms with van der Waals surface area (Å²) in [5, 5.41) is 7.58. The summed E-state index contributed by atoms with van der Waals surface area (Å²) in [7, 11) is -2.34. The molecule has 1 rings (SSSR count). The number of sulfonamides is 1. The Balaban J connectivity index is 2.97. The Morgan fingerprint density at radius 1 is 1.50 bits per heavy atom. The van der Waals surface area contributed by atoms with Gasteiger partial charge in [-0.2, -0.15) is 0 Å². The molecule has 1 amide bonds. The minimum atomic E-state index is -3.76. The van der Waals surface area contributed by atoms with Gasteiger partial charge in [-0.3, -0.25) is 4.79 Å². The summed E-state index contributed by atoms with van der Waals surface area (Å²) < 4.78 is 27.5. The van der Waals surface area contributed by atoms with E-state index in [1.54, 1.807) is 6.92 Å². The first kappa shape index (κ1) is 15.1. The maximum absolute atomic E-state index is 11.6. The van der Waals surface area contributed by atoms with Crippen LogP contribution in [0.2, 0.25) is 0 Å². The van der Waals surface area contributed by atoms with Gasteiger partial charge < -0.3 is 10.1 Å². The van der Waals surface area contributed by atoms with Gasteiger partial charge in [0.2, 0.25) is 10.0 Å². The highest BCUT2D eigenvalue weighted by Crippen LogP contribution is 2.25. The number of rotatable bonds is 4. The molecule has 0 aliphatic carbocycles. The van der Waals surface area contributed by atoms with Gasteiger partial charge in [0.25, 0.3) is 5.91 Å². The van der Waals surface area contributed by atoms with Crippen LogP contribution in [0.5, 0.6) is 0 Å². The maximum atomic E-state index is 11.6. The summed E-state index contributed by atoms with van der Waals surface area (Å²) in [5.41, 5.74) is 0.441. The summed E-state index contributed by atoms with van der Waals surface area (Å²) in [4.78, 5) is 11.5. The van der Waals surface area contributed by atoms with E-state index in [4.69, 9.17) is 9.88 Å². The van der Waals surface area contributed by atoms with Crippen LogP contribution in [0.15, 0.2) is 27.6 Å². The van der Waals surface area contributed by atoms with Crippen LogP contribution in [-0.4, -0.2) is 27.5 Å². The Morgan fingerprint density at radius 3 is 2.56 bits per heavy atom. The number of hydrogen-bond acceptors (Lipinski definition) is 4. The van der Waals surface area contributed by atoms with Crippen molar-refractivity contribution >= 4 is 37.5 Å². The van der Waals surface area contributed by atoms with Crippen LogP contribution in [0.1, 0.15) is 6.92 Å². The predicted molar refractivity (Wildman–Crippen MR) is 70.6 cm³/mol. The van der Waals surface area contributed by atoms with Crippen LogP contribution in [0.4, 0.5) is 5.69 Å². The molecule has 0 radical (unpaired) electrons. The Hall–Kier alpha value is -0.960. The highest BCUT2D eigenvalue weighted by Gasteiger charge is 2.15. The van der Waals surface area contributed by atoms with Crippen LogP contribution >= 0.6 is 15.9 Å². The van der Waals surface area contributed by atoms with Crippen molar-refractivity contribution in [3.8, 4) is 0 Å². The molecular formula is C10H13BrN2O4S. The lowest BCUT2D eigenvalue weighted by atomic mass is 10.3. The third-order valence-corrected chi connectivity index (χ3v) is 3.82. The number of methoxy groups -OCH3 is 1. The number of amides is 1. The molecular weight excluding hydrogens is 324 g/mol. The van der Waals surface area contributed by atoms with Crippen LogP contribution in [0.3, 0.4) is 0 Å². The third kappa shape index (κ3) is 3.77. The number of carbonyl (C=O) groups excluding carboxylic acids is 1. The highest BCUT2D eigenvalue weighted by atomic mass is 79.9. The summed E-state index contributed by atoms with van der Waals surface area (Å²) >= 11 is 3.16. The van der Waals surface area contributed by atoms with Crippen molar-refractivity contribution in [1.82, 2.24) is 0 Å². The zero-order chi connectivity index (χ0) is 13.9. The number of nitrogens with two attached hydrogens (primary N) is 1. The number of halogens is 1. The van der Waals surface area contributed by atoms with E-state index in [9.17, 15) is 13.2 Å². The summed E-state index contributed by atoms with van der Waals surface area (Å²) in [5.74, 6) is -0.332. The lowest BCUT2D eigenvalue weighted by Crippen LogP contribution is -2.26. The Kier molecular flexibility index (Phi) is 4.85. The van der Waals surface area contributed by atoms with E-state index in [0.717, 1.165) is 0 Å². The quantitative estimate of drug-likeness (QED) is 0.859. The van der Waals surface area contributed by atoms with Crippen LogP contribution in [-0.2, 0) is 19.6 Å². The second-order valence-electron chi connectivity index (χ2n) is 3.55. The van der Waals surface area contributed by atoms with E-state index in [1.807, 2.05) is 0 Å². The SMILES string of the molecule is COC(C)C(=O)Nc1ccc(S(N)(=O)=O)cc1Br. The van der Waals surface area contributed by atoms with Gasteiger partial charge in [-0.1, -0.05) is 0 Å². The highest BCUT2D eigenvalue weighted by molar-refractivity contribution is 9.10. The van der Waals surface area contributed by atoms with Gasteiger partial charge in [-0.15, -0.1) is 0 Å². The van der Waals surface area contributed by atoms with E-state index in [2.05, 4.69) is 21.2 Å². The lowest BCUT2D eigenvalue weighted by Gasteiger charge is -2.12. The number of ether oxygens (including phenoxy) is 1. The monoisotopic (exact) mass is 336 g/mol. The Labute approximate surface area is 114 Å². The molecule has 0 aromatic heterocycles. The minimum Gasteiger partial charge on any atom is -0.372 e. The lowest BCUT2D eigenvalue weighted by molar-refractivity contribution is -0.124. The van der Waals surface area contributed by atoms with Gasteiger partial charge >= 0.3 is 0 Å². The van der Waals surface area contributed by atoms with E-state index in [-0.39, 0.29) is 10.8 Å². The smallest absolute Gasteiger partial charge is 0.253 e. The van der Waals surface area contributed by atoms with E-state index >= 15 is 0 Å².